The molecule has 4 rings (SSSR count). The van der Waals surface area contributed by atoms with Gasteiger partial charge in [-0.3, -0.25) is 19.2 Å². The van der Waals surface area contributed by atoms with Crippen molar-refractivity contribution in [3.63, 3.8) is 0 Å². The number of H-pyrrole nitrogens is 1. The number of pyridine rings is 1. The number of carbonyl (C=O) groups excluding carboxylic acids is 3. The van der Waals surface area contributed by atoms with Crippen LogP contribution in [0, 0.1) is 0 Å². The number of hydrogen-bond donors (Lipinski definition) is 1. The highest BCUT2D eigenvalue weighted by Gasteiger charge is 2.52. The third-order valence-electron chi connectivity index (χ3n) is 5.62. The first-order valence-corrected chi connectivity index (χ1v) is 14.0. The van der Waals surface area contributed by atoms with Crippen molar-refractivity contribution in [3.05, 3.63) is 44.2 Å². The second kappa shape index (κ2) is 12.8. The lowest BCUT2D eigenvalue weighted by atomic mass is 9.96. The van der Waals surface area contributed by atoms with Gasteiger partial charge in [0.1, 0.15) is 29.9 Å². The molecule has 1 aliphatic rings. The summed E-state index contributed by atoms with van der Waals surface area (Å²) < 4.78 is 63.2. The number of rotatable bonds is 8. The van der Waals surface area contributed by atoms with Gasteiger partial charge < -0.3 is 23.9 Å². The average molecular weight is 652 g/mol. The fourth-order valence-electron chi connectivity index (χ4n) is 4.06. The molecule has 3 aromatic rings. The van der Waals surface area contributed by atoms with E-state index in [0.29, 0.717) is 5.69 Å². The van der Waals surface area contributed by atoms with Crippen molar-refractivity contribution in [2.24, 2.45) is 0 Å². The molecule has 19 heteroatoms. The van der Waals surface area contributed by atoms with E-state index in [4.69, 9.17) is 30.5 Å². The third-order valence-corrected chi connectivity index (χ3v) is 7.69. The Kier molecular flexibility index (Phi) is 9.59. The van der Waals surface area contributed by atoms with Gasteiger partial charge in [0.15, 0.2) is 17.9 Å². The first-order chi connectivity index (χ1) is 19.7. The van der Waals surface area contributed by atoms with Gasteiger partial charge in [0.2, 0.25) is 0 Å². The molecule has 2 unspecified atom stereocenters. The second-order valence-electron chi connectivity index (χ2n) is 8.75. The van der Waals surface area contributed by atoms with Gasteiger partial charge in [0.05, 0.1) is 16.9 Å². The largest absolute Gasteiger partial charge is 0.463 e. The molecule has 0 aliphatic carbocycles. The number of aromatic nitrogens is 5. The molecule has 0 aromatic carbocycles. The Hall–Kier alpha value is -3.48. The quantitative estimate of drug-likeness (QED) is 0.280. The number of thioether (sulfide) groups is 1. The van der Waals surface area contributed by atoms with Gasteiger partial charge in [-0.2, -0.15) is 13.2 Å². The van der Waals surface area contributed by atoms with E-state index in [1.165, 1.54) is 16.3 Å². The molecular formula is C23H21ClF3N5O8S2. The fraction of sp³-hybridized carbons (Fsp3) is 0.435. The summed E-state index contributed by atoms with van der Waals surface area (Å²) in [5, 5.41) is 8.99. The number of halogens is 4. The van der Waals surface area contributed by atoms with Crippen molar-refractivity contribution in [2.75, 3.05) is 6.61 Å². The number of ether oxygens (including phenoxy) is 4. The predicted octanol–water partition coefficient (Wildman–Crippen LogP) is 3.25. The molecule has 1 aliphatic heterocycles. The first-order valence-electron chi connectivity index (χ1n) is 11.9. The number of alkyl halides is 3. The number of thiazole rings is 1. The minimum absolute atomic E-state index is 0.112. The Morgan fingerprint density at radius 2 is 1.86 bits per heavy atom. The summed E-state index contributed by atoms with van der Waals surface area (Å²) in [6.45, 7) is 2.97. The van der Waals surface area contributed by atoms with Crippen LogP contribution < -0.4 is 4.87 Å². The lowest BCUT2D eigenvalue weighted by molar-refractivity contribution is -0.212. The number of nitrogens with one attached hydrogen (secondary N) is 1. The van der Waals surface area contributed by atoms with Crippen LogP contribution in [0.25, 0.3) is 11.4 Å². The second-order valence-corrected chi connectivity index (χ2v) is 11.2. The van der Waals surface area contributed by atoms with Crippen molar-refractivity contribution < 1.29 is 46.5 Å². The van der Waals surface area contributed by atoms with Gasteiger partial charge in [0, 0.05) is 37.2 Å². The Bertz CT molecular complexity index is 1530. The van der Waals surface area contributed by atoms with E-state index in [1.807, 2.05) is 0 Å². The van der Waals surface area contributed by atoms with Crippen LogP contribution in [0.5, 0.6) is 0 Å². The van der Waals surface area contributed by atoms with Crippen LogP contribution in [0.4, 0.5) is 13.2 Å². The third kappa shape index (κ3) is 7.47. The molecule has 1 fully saturated rings. The van der Waals surface area contributed by atoms with E-state index in [9.17, 15) is 32.3 Å². The highest BCUT2D eigenvalue weighted by atomic mass is 35.5. The molecule has 226 valence electrons. The van der Waals surface area contributed by atoms with E-state index in [1.54, 1.807) is 0 Å². The van der Waals surface area contributed by atoms with Gasteiger partial charge in [-0.1, -0.05) is 39.9 Å². The van der Waals surface area contributed by atoms with Crippen LogP contribution in [0.2, 0.25) is 5.02 Å². The van der Waals surface area contributed by atoms with Crippen molar-refractivity contribution in [1.29, 1.82) is 0 Å². The van der Waals surface area contributed by atoms with E-state index >= 15 is 0 Å². The molecule has 5 atom stereocenters. The molecular weight excluding hydrogens is 631 g/mol. The van der Waals surface area contributed by atoms with Crippen molar-refractivity contribution >= 4 is 52.6 Å². The maximum Gasteiger partial charge on any atom is 0.434 e. The van der Waals surface area contributed by atoms with Crippen LogP contribution in [-0.2, 0) is 39.5 Å². The number of aromatic amines is 1. The molecule has 3 aromatic heterocycles. The Morgan fingerprint density at radius 3 is 2.43 bits per heavy atom. The lowest BCUT2D eigenvalue weighted by Gasteiger charge is -2.44. The molecule has 1 saturated heterocycles. The van der Waals surface area contributed by atoms with Crippen LogP contribution in [0.1, 0.15) is 32.5 Å². The normalized spacial score (nSPS) is 22.4. The molecule has 42 heavy (non-hydrogen) atoms. The lowest BCUT2D eigenvalue weighted by Crippen LogP contribution is -2.57. The van der Waals surface area contributed by atoms with E-state index < -0.39 is 71.2 Å². The first kappa shape index (κ1) is 31.5. The number of hydrogen-bond acceptors (Lipinski definition) is 13. The summed E-state index contributed by atoms with van der Waals surface area (Å²) in [7, 11) is 0. The maximum atomic E-state index is 13.2. The zero-order chi connectivity index (χ0) is 30.8. The van der Waals surface area contributed by atoms with Gasteiger partial charge >= 0.3 is 29.0 Å². The zero-order valence-electron chi connectivity index (χ0n) is 21.8. The summed E-state index contributed by atoms with van der Waals surface area (Å²) in [6.07, 6.45) is -6.21. The van der Waals surface area contributed by atoms with Crippen LogP contribution >= 0.6 is 34.7 Å². The molecule has 4 heterocycles. The summed E-state index contributed by atoms with van der Waals surface area (Å²) in [6, 6.07) is -0.139. The monoisotopic (exact) mass is 651 g/mol. The standard InChI is InChI=1S/C23H21ClF3N5O8S2/c1-9(33)37-7-16-18(38-10(2)34)17(32-6-14(30-31-32)15-8-41-22(36)29-15)19(39-11(3)35)21(40-16)42-12-4-13(24)20(28-5-12)23(25,26)27/h4-6,8,16-19,21H,7H2,1-3H3,(H,29,36)/t16?,17?,18-,19-,21+/m0/s1. The van der Waals surface area contributed by atoms with E-state index in [-0.39, 0.29) is 15.5 Å². The highest BCUT2D eigenvalue weighted by molar-refractivity contribution is 7.99. The van der Waals surface area contributed by atoms with Crippen molar-refractivity contribution in [3.8, 4) is 11.4 Å². The Balaban J connectivity index is 1.79. The number of nitrogens with zero attached hydrogens (tertiary/aromatic N) is 4. The fourth-order valence-corrected chi connectivity index (χ4v) is 6.09. The van der Waals surface area contributed by atoms with Crippen LogP contribution in [0.15, 0.2) is 33.5 Å². The SMILES string of the molecule is CC(=O)OCC1O[C@H](Sc2cnc(C(F)(F)F)c(Cl)c2)[C@@H](OC(C)=O)C(n2cc(-c3csc(=O)[nH]3)nn2)[C@H]1OC(C)=O. The van der Waals surface area contributed by atoms with Crippen LogP contribution in [0.3, 0.4) is 0 Å². The zero-order valence-corrected chi connectivity index (χ0v) is 24.2. The molecule has 0 spiro atoms. The molecule has 1 N–H and O–H groups in total. The number of carbonyl (C=O) groups is 3. The van der Waals surface area contributed by atoms with Crippen molar-refractivity contribution in [2.45, 2.75) is 61.6 Å². The van der Waals surface area contributed by atoms with Gasteiger partial charge in [0.25, 0.3) is 0 Å². The van der Waals surface area contributed by atoms with Crippen LogP contribution in [-0.4, -0.2) is 73.2 Å². The molecule has 0 amide bonds. The topological polar surface area (TPSA) is 165 Å². The van der Waals surface area contributed by atoms with Gasteiger partial charge in [-0.25, -0.2) is 9.67 Å². The maximum absolute atomic E-state index is 13.2. The van der Waals surface area contributed by atoms with E-state index in [2.05, 4.69) is 20.3 Å². The Morgan fingerprint density at radius 1 is 1.17 bits per heavy atom. The minimum atomic E-state index is -4.79. The van der Waals surface area contributed by atoms with Gasteiger partial charge in [-0.05, 0) is 6.07 Å². The smallest absolute Gasteiger partial charge is 0.434 e. The number of esters is 3. The predicted molar refractivity (Wildman–Crippen MR) is 140 cm³/mol. The molecule has 13 nitrogen and oxygen atoms in total. The van der Waals surface area contributed by atoms with Crippen molar-refractivity contribution in [1.82, 2.24) is 25.0 Å². The molecule has 0 radical (unpaired) electrons. The summed E-state index contributed by atoms with van der Waals surface area (Å²) in [5.41, 5.74) is -1.93. The van der Waals surface area contributed by atoms with Gasteiger partial charge in [-0.15, -0.1) is 5.10 Å². The van der Waals surface area contributed by atoms with E-state index in [0.717, 1.165) is 56.1 Å². The highest BCUT2D eigenvalue weighted by Crippen LogP contribution is 2.42. The average Bonchev–Trinajstić information content (AvgIpc) is 3.52. The molecule has 0 bridgehead atoms. The molecule has 0 saturated carbocycles. The Labute approximate surface area is 247 Å². The minimum Gasteiger partial charge on any atom is -0.463 e. The summed E-state index contributed by atoms with van der Waals surface area (Å²) >= 11 is 7.55. The summed E-state index contributed by atoms with van der Waals surface area (Å²) in [5.74, 6) is -2.20. The summed E-state index contributed by atoms with van der Waals surface area (Å²) in [4.78, 5) is 53.5.